The maximum absolute atomic E-state index is 11.9. The number of anilines is 1. The molecule has 10 nitrogen and oxygen atoms in total. The highest BCUT2D eigenvalue weighted by Crippen LogP contribution is 2.43. The minimum Gasteiger partial charge on any atom is -0.394 e. The molecule has 1 saturated heterocycles. The van der Waals surface area contributed by atoms with Gasteiger partial charge in [0.05, 0.1) is 30.6 Å². The van der Waals surface area contributed by atoms with Crippen molar-refractivity contribution in [2.45, 2.75) is 37.9 Å². The Morgan fingerprint density at radius 1 is 1.54 bits per heavy atom. The molecule has 2 aromatic heterocycles. The quantitative estimate of drug-likeness (QED) is 0.554. The van der Waals surface area contributed by atoms with Gasteiger partial charge in [-0.05, 0) is 13.8 Å². The van der Waals surface area contributed by atoms with Crippen LogP contribution in [0.2, 0.25) is 0 Å². The zero-order valence-corrected chi connectivity index (χ0v) is 13.6. The molecule has 0 radical (unpaired) electrons. The third-order valence-electron chi connectivity index (χ3n) is 4.60. The van der Waals surface area contributed by atoms with Gasteiger partial charge < -0.3 is 25.4 Å². The van der Waals surface area contributed by atoms with E-state index in [-0.39, 0.29) is 23.7 Å². The topological polar surface area (TPSA) is 149 Å². The fraction of sp³-hybridized carbons (Fsp3) is 0.643. The number of hydrogen-bond acceptors (Lipinski definition) is 8. The van der Waals surface area contributed by atoms with Gasteiger partial charge in [-0.1, -0.05) is 0 Å². The molecule has 0 amide bonds. The Hall–Kier alpha value is -2.01. The molecule has 0 aromatic carbocycles. The first-order chi connectivity index (χ1) is 11.3. The number of rotatable bonds is 4. The second-order valence-corrected chi connectivity index (χ2v) is 6.35. The Kier molecular flexibility index (Phi) is 4.08. The highest BCUT2D eigenvalue weighted by molar-refractivity contribution is 5.70. The molecule has 3 heterocycles. The predicted molar refractivity (Wildman–Crippen MR) is 84.1 cm³/mol. The number of nitrogen functional groups attached to an aromatic ring is 1. The number of aromatic amines is 1. The summed E-state index contributed by atoms with van der Waals surface area (Å²) in [5.41, 5.74) is 4.74. The van der Waals surface area contributed by atoms with Crippen molar-refractivity contribution in [2.24, 2.45) is 5.92 Å². The minimum absolute atomic E-state index is 0.0472. The summed E-state index contributed by atoms with van der Waals surface area (Å²) in [4.78, 5) is 22.5. The number of methoxy groups -OCH3 is 1. The Balaban J connectivity index is 2.14. The lowest BCUT2D eigenvalue weighted by molar-refractivity contribution is -0.0943. The van der Waals surface area contributed by atoms with E-state index >= 15 is 0 Å². The molecule has 10 heteroatoms. The molecule has 0 bridgehead atoms. The van der Waals surface area contributed by atoms with Crippen LogP contribution in [0, 0.1) is 5.92 Å². The molecular weight excluding hydrogens is 318 g/mol. The van der Waals surface area contributed by atoms with Crippen LogP contribution in [-0.2, 0) is 9.47 Å². The maximum atomic E-state index is 11.9. The van der Waals surface area contributed by atoms with E-state index in [1.54, 1.807) is 0 Å². The van der Waals surface area contributed by atoms with Crippen LogP contribution in [0.4, 0.5) is 5.95 Å². The number of aliphatic hydroxyl groups excluding tert-OH is 2. The Labute approximate surface area is 137 Å². The number of imidazole rings is 1. The smallest absolute Gasteiger partial charge is 0.280 e. The molecule has 0 saturated carbocycles. The third-order valence-corrected chi connectivity index (χ3v) is 4.60. The van der Waals surface area contributed by atoms with E-state index in [1.807, 2.05) is 13.8 Å². The van der Waals surface area contributed by atoms with Gasteiger partial charge in [-0.15, -0.1) is 0 Å². The highest BCUT2D eigenvalue weighted by Gasteiger charge is 2.52. The largest absolute Gasteiger partial charge is 0.394 e. The zero-order valence-electron chi connectivity index (χ0n) is 13.6. The molecule has 5 N–H and O–H groups in total. The van der Waals surface area contributed by atoms with Crippen molar-refractivity contribution in [1.82, 2.24) is 19.5 Å². The molecule has 0 spiro atoms. The number of H-pyrrole nitrogens is 1. The van der Waals surface area contributed by atoms with Crippen LogP contribution in [0.15, 0.2) is 11.1 Å². The van der Waals surface area contributed by atoms with E-state index in [2.05, 4.69) is 15.0 Å². The van der Waals surface area contributed by atoms with E-state index < -0.39 is 35.5 Å². The lowest BCUT2D eigenvalue weighted by atomic mass is 9.84. The van der Waals surface area contributed by atoms with Gasteiger partial charge in [0.15, 0.2) is 11.2 Å². The van der Waals surface area contributed by atoms with Gasteiger partial charge in [-0.3, -0.25) is 14.3 Å². The Bertz CT molecular complexity index is 800. The first-order valence-corrected chi connectivity index (χ1v) is 7.52. The maximum Gasteiger partial charge on any atom is 0.280 e. The SMILES string of the molecule is COC(C)(C)C1C(O)C(CO)OC1n1cnc2c(=O)[nH]c(N)nc21. The first-order valence-electron chi connectivity index (χ1n) is 7.52. The summed E-state index contributed by atoms with van der Waals surface area (Å²) in [7, 11) is 1.53. The number of nitrogens with one attached hydrogen (secondary N) is 1. The number of aliphatic hydroxyl groups is 2. The second-order valence-electron chi connectivity index (χ2n) is 6.35. The van der Waals surface area contributed by atoms with Crippen LogP contribution in [0.25, 0.3) is 11.2 Å². The van der Waals surface area contributed by atoms with E-state index in [1.165, 1.54) is 18.0 Å². The fourth-order valence-electron chi connectivity index (χ4n) is 3.15. The number of ether oxygens (including phenoxy) is 2. The van der Waals surface area contributed by atoms with Crippen molar-refractivity contribution in [3.8, 4) is 0 Å². The standard InChI is InChI=1S/C14H21N5O5/c1-14(2,23-3)7-9(21)6(4-20)24-12(7)19-5-16-8-10(19)17-13(15)18-11(8)22/h5-7,9,12,20-21H,4H2,1-3H3,(H3,15,17,18,22). The van der Waals surface area contributed by atoms with Gasteiger partial charge in [0.2, 0.25) is 5.95 Å². The van der Waals surface area contributed by atoms with Crippen LogP contribution in [0.3, 0.4) is 0 Å². The van der Waals surface area contributed by atoms with Crippen molar-refractivity contribution in [1.29, 1.82) is 0 Å². The molecule has 1 aliphatic rings. The summed E-state index contributed by atoms with van der Waals surface area (Å²) >= 11 is 0. The van der Waals surface area contributed by atoms with Gasteiger partial charge in [0.25, 0.3) is 5.56 Å². The minimum atomic E-state index is -0.966. The van der Waals surface area contributed by atoms with Crippen molar-refractivity contribution < 1.29 is 19.7 Å². The summed E-state index contributed by atoms with van der Waals surface area (Å²) in [5.74, 6) is -0.576. The fourth-order valence-corrected chi connectivity index (χ4v) is 3.15. The average molecular weight is 339 g/mol. The van der Waals surface area contributed by atoms with Crippen LogP contribution in [0.5, 0.6) is 0 Å². The van der Waals surface area contributed by atoms with Crippen LogP contribution >= 0.6 is 0 Å². The van der Waals surface area contributed by atoms with Crippen LogP contribution < -0.4 is 11.3 Å². The number of hydrogen-bond donors (Lipinski definition) is 4. The molecule has 4 atom stereocenters. The molecule has 3 rings (SSSR count). The summed E-state index contributed by atoms with van der Waals surface area (Å²) in [6.07, 6.45) is -1.08. The summed E-state index contributed by atoms with van der Waals surface area (Å²) in [5, 5.41) is 20.0. The van der Waals surface area contributed by atoms with Crippen molar-refractivity contribution >= 4 is 17.1 Å². The molecule has 0 aliphatic carbocycles. The zero-order chi connectivity index (χ0) is 17.6. The van der Waals surface area contributed by atoms with Crippen molar-refractivity contribution in [3.05, 3.63) is 16.7 Å². The number of fused-ring (bicyclic) bond motifs is 1. The van der Waals surface area contributed by atoms with Gasteiger partial charge in [-0.25, -0.2) is 4.98 Å². The van der Waals surface area contributed by atoms with E-state index in [9.17, 15) is 15.0 Å². The van der Waals surface area contributed by atoms with E-state index in [4.69, 9.17) is 15.2 Å². The molecule has 24 heavy (non-hydrogen) atoms. The summed E-state index contributed by atoms with van der Waals surface area (Å²) < 4.78 is 12.8. The number of nitrogens with zero attached hydrogens (tertiary/aromatic N) is 3. The van der Waals surface area contributed by atoms with Crippen molar-refractivity contribution in [3.63, 3.8) is 0 Å². The Morgan fingerprint density at radius 3 is 2.88 bits per heavy atom. The van der Waals surface area contributed by atoms with Crippen LogP contribution in [0.1, 0.15) is 20.1 Å². The number of aromatic nitrogens is 4. The Morgan fingerprint density at radius 2 is 2.25 bits per heavy atom. The number of nitrogens with two attached hydrogens (primary N) is 1. The van der Waals surface area contributed by atoms with E-state index in [0.717, 1.165) is 0 Å². The predicted octanol–water partition coefficient (Wildman–Crippen LogP) is -1.01. The van der Waals surface area contributed by atoms with Crippen molar-refractivity contribution in [2.75, 3.05) is 19.5 Å². The monoisotopic (exact) mass is 339 g/mol. The lowest BCUT2D eigenvalue weighted by Crippen LogP contribution is -2.44. The van der Waals surface area contributed by atoms with Gasteiger partial charge in [0, 0.05) is 7.11 Å². The highest BCUT2D eigenvalue weighted by atomic mass is 16.6. The summed E-state index contributed by atoms with van der Waals surface area (Å²) in [6.45, 7) is 3.27. The molecule has 1 aliphatic heterocycles. The van der Waals surface area contributed by atoms with Crippen LogP contribution in [-0.4, -0.2) is 61.3 Å². The average Bonchev–Trinajstić information content (AvgIpc) is 3.08. The molecule has 2 aromatic rings. The molecular formula is C14H21N5O5. The van der Waals surface area contributed by atoms with Gasteiger partial charge in [0.1, 0.15) is 12.3 Å². The second kappa shape index (κ2) is 5.81. The first kappa shape index (κ1) is 16.8. The normalized spacial score (nSPS) is 27.9. The van der Waals surface area contributed by atoms with Gasteiger partial charge in [-0.2, -0.15) is 4.98 Å². The summed E-state index contributed by atoms with van der Waals surface area (Å²) in [6, 6.07) is 0. The third kappa shape index (κ3) is 2.47. The molecule has 1 fully saturated rings. The van der Waals surface area contributed by atoms with Gasteiger partial charge >= 0.3 is 0 Å². The molecule has 4 unspecified atom stereocenters. The lowest BCUT2D eigenvalue weighted by Gasteiger charge is -2.35. The molecule has 132 valence electrons. The van der Waals surface area contributed by atoms with E-state index in [0.29, 0.717) is 0 Å².